The molecule has 0 aliphatic carbocycles. The lowest BCUT2D eigenvalue weighted by atomic mass is 10.1. The number of benzene rings is 1. The number of carbonyl (C=O) groups excluding carboxylic acids is 2. The lowest BCUT2D eigenvalue weighted by molar-refractivity contribution is -0.142. The highest BCUT2D eigenvalue weighted by atomic mass is 16.4. The van der Waals surface area contributed by atoms with Crippen LogP contribution in [0.25, 0.3) is 0 Å². The van der Waals surface area contributed by atoms with Gasteiger partial charge in [0, 0.05) is 6.42 Å². The Morgan fingerprint density at radius 2 is 1.88 bits per heavy atom. The first-order valence-corrected chi connectivity index (χ1v) is 8.23. The van der Waals surface area contributed by atoms with Gasteiger partial charge < -0.3 is 26.2 Å². The van der Waals surface area contributed by atoms with Crippen LogP contribution in [0.1, 0.15) is 18.4 Å². The van der Waals surface area contributed by atoms with Crippen molar-refractivity contribution in [3.63, 3.8) is 0 Å². The van der Waals surface area contributed by atoms with Gasteiger partial charge in [-0.05, 0) is 24.9 Å². The van der Waals surface area contributed by atoms with Crippen molar-refractivity contribution in [2.24, 2.45) is 0 Å². The van der Waals surface area contributed by atoms with Crippen molar-refractivity contribution in [2.45, 2.75) is 37.4 Å². The van der Waals surface area contributed by atoms with Crippen molar-refractivity contribution in [3.8, 4) is 0 Å². The largest absolute Gasteiger partial charge is 0.480 e. The van der Waals surface area contributed by atoms with Crippen LogP contribution >= 0.6 is 0 Å². The zero-order valence-corrected chi connectivity index (χ0v) is 13.8. The molecule has 1 fully saturated rings. The average molecular weight is 349 g/mol. The normalized spacial score (nSPS) is 19.0. The predicted octanol–water partition coefficient (Wildman–Crippen LogP) is -0.972. The molecule has 25 heavy (non-hydrogen) atoms. The third-order valence-electron chi connectivity index (χ3n) is 4.09. The fourth-order valence-corrected chi connectivity index (χ4v) is 2.70. The minimum atomic E-state index is -1.19. The van der Waals surface area contributed by atoms with Gasteiger partial charge in [-0.2, -0.15) is 0 Å². The molecule has 0 bridgehead atoms. The maximum absolute atomic E-state index is 12.3. The van der Waals surface area contributed by atoms with Crippen molar-refractivity contribution in [2.75, 3.05) is 13.2 Å². The molecule has 136 valence electrons. The number of aliphatic hydroxyl groups excluding tert-OH is 1. The molecular formula is C17H23N3O5. The van der Waals surface area contributed by atoms with Crippen LogP contribution in [0.2, 0.25) is 0 Å². The molecule has 2 amide bonds. The molecule has 0 aromatic heterocycles. The third kappa shape index (κ3) is 5.54. The van der Waals surface area contributed by atoms with Crippen LogP contribution in [0.3, 0.4) is 0 Å². The highest BCUT2D eigenvalue weighted by molar-refractivity contribution is 5.92. The summed E-state index contributed by atoms with van der Waals surface area (Å²) in [5.41, 5.74) is 0.759. The lowest BCUT2D eigenvalue weighted by Crippen LogP contribution is -2.56. The summed E-state index contributed by atoms with van der Waals surface area (Å²) < 4.78 is 0. The van der Waals surface area contributed by atoms with E-state index >= 15 is 0 Å². The summed E-state index contributed by atoms with van der Waals surface area (Å²) in [6, 6.07) is 6.17. The van der Waals surface area contributed by atoms with Crippen LogP contribution in [0.15, 0.2) is 30.3 Å². The molecule has 1 saturated heterocycles. The summed E-state index contributed by atoms with van der Waals surface area (Å²) in [6.45, 7) is 0.119. The number of carboxylic acid groups (broad SMARTS) is 1. The Kier molecular flexibility index (Phi) is 6.91. The number of rotatable bonds is 8. The van der Waals surface area contributed by atoms with E-state index in [4.69, 9.17) is 0 Å². The minimum Gasteiger partial charge on any atom is -0.480 e. The standard InChI is InChI=1S/C17H23N3O5/c21-10-14(20-15(22)12-7-4-8-18-12)16(23)19-13(17(24)25)9-11-5-2-1-3-6-11/h1-3,5-6,12-14,18,21H,4,7-10H2,(H,19,23)(H,20,22)(H,24,25)/t12-,13-,14-/m0/s1. The highest BCUT2D eigenvalue weighted by Crippen LogP contribution is 2.06. The van der Waals surface area contributed by atoms with Crippen molar-refractivity contribution in [1.82, 2.24) is 16.0 Å². The lowest BCUT2D eigenvalue weighted by Gasteiger charge is -2.21. The molecule has 1 aliphatic rings. The van der Waals surface area contributed by atoms with E-state index < -0.39 is 30.6 Å². The minimum absolute atomic E-state index is 0.109. The van der Waals surface area contributed by atoms with Gasteiger partial charge in [-0.25, -0.2) is 4.79 Å². The summed E-state index contributed by atoms with van der Waals surface area (Å²) in [5, 5.41) is 26.5. The maximum Gasteiger partial charge on any atom is 0.326 e. The quantitative estimate of drug-likeness (QED) is 0.411. The van der Waals surface area contributed by atoms with E-state index in [0.717, 1.165) is 18.5 Å². The molecule has 8 nitrogen and oxygen atoms in total. The van der Waals surface area contributed by atoms with Gasteiger partial charge in [0.15, 0.2) is 0 Å². The van der Waals surface area contributed by atoms with E-state index in [1.54, 1.807) is 24.3 Å². The topological polar surface area (TPSA) is 128 Å². The van der Waals surface area contributed by atoms with Gasteiger partial charge in [-0.3, -0.25) is 9.59 Å². The molecule has 1 aliphatic heterocycles. The molecular weight excluding hydrogens is 326 g/mol. The molecule has 0 radical (unpaired) electrons. The van der Waals surface area contributed by atoms with E-state index in [0.29, 0.717) is 6.42 Å². The molecule has 0 spiro atoms. The smallest absolute Gasteiger partial charge is 0.326 e. The second-order valence-corrected chi connectivity index (χ2v) is 5.98. The SMILES string of the molecule is O=C(O)[C@H](Cc1ccccc1)NC(=O)[C@H](CO)NC(=O)[C@@H]1CCCN1. The fraction of sp³-hybridized carbons (Fsp3) is 0.471. The van der Waals surface area contributed by atoms with Crippen LogP contribution in [0.4, 0.5) is 0 Å². The Labute approximate surface area is 145 Å². The van der Waals surface area contributed by atoms with Crippen molar-refractivity contribution >= 4 is 17.8 Å². The van der Waals surface area contributed by atoms with Gasteiger partial charge in [0.25, 0.3) is 0 Å². The number of nitrogens with one attached hydrogen (secondary N) is 3. The first-order chi connectivity index (χ1) is 12.0. The van der Waals surface area contributed by atoms with Crippen molar-refractivity contribution in [3.05, 3.63) is 35.9 Å². The number of carbonyl (C=O) groups is 3. The number of aliphatic hydroxyl groups is 1. The Morgan fingerprint density at radius 1 is 1.16 bits per heavy atom. The van der Waals surface area contributed by atoms with Crippen LogP contribution in [0.5, 0.6) is 0 Å². The predicted molar refractivity (Wildman–Crippen MR) is 89.8 cm³/mol. The summed E-state index contributed by atoms with van der Waals surface area (Å²) in [4.78, 5) is 35.7. The van der Waals surface area contributed by atoms with Crippen molar-refractivity contribution in [1.29, 1.82) is 0 Å². The Bertz CT molecular complexity index is 602. The van der Waals surface area contributed by atoms with E-state index in [-0.39, 0.29) is 18.4 Å². The molecule has 1 aromatic rings. The van der Waals surface area contributed by atoms with Crippen LogP contribution in [0, 0.1) is 0 Å². The third-order valence-corrected chi connectivity index (χ3v) is 4.09. The van der Waals surface area contributed by atoms with Crippen LogP contribution in [-0.2, 0) is 20.8 Å². The molecule has 8 heteroatoms. The number of hydrogen-bond donors (Lipinski definition) is 5. The average Bonchev–Trinajstić information content (AvgIpc) is 3.14. The first-order valence-electron chi connectivity index (χ1n) is 8.23. The van der Waals surface area contributed by atoms with Gasteiger partial charge >= 0.3 is 5.97 Å². The zero-order valence-electron chi connectivity index (χ0n) is 13.8. The number of hydrogen-bond acceptors (Lipinski definition) is 5. The monoisotopic (exact) mass is 349 g/mol. The maximum atomic E-state index is 12.3. The van der Waals surface area contributed by atoms with Gasteiger partial charge in [0.05, 0.1) is 12.6 Å². The molecule has 1 heterocycles. The summed E-state index contributed by atoms with van der Waals surface area (Å²) in [5.74, 6) is -2.28. The van der Waals surface area contributed by atoms with Gasteiger partial charge in [-0.1, -0.05) is 30.3 Å². The Morgan fingerprint density at radius 3 is 2.44 bits per heavy atom. The highest BCUT2D eigenvalue weighted by Gasteiger charge is 2.29. The molecule has 1 aromatic carbocycles. The van der Waals surface area contributed by atoms with E-state index in [1.165, 1.54) is 0 Å². The number of aliphatic carboxylic acids is 1. The van der Waals surface area contributed by atoms with Gasteiger partial charge in [0.2, 0.25) is 11.8 Å². The molecule has 5 N–H and O–H groups in total. The summed E-state index contributed by atoms with van der Waals surface area (Å²) in [6.07, 6.45) is 1.64. The number of amides is 2. The summed E-state index contributed by atoms with van der Waals surface area (Å²) >= 11 is 0. The second kappa shape index (κ2) is 9.14. The molecule has 2 rings (SSSR count). The van der Waals surface area contributed by atoms with Gasteiger partial charge in [0.1, 0.15) is 12.1 Å². The van der Waals surface area contributed by atoms with Crippen LogP contribution in [-0.4, -0.2) is 59.3 Å². The second-order valence-electron chi connectivity index (χ2n) is 5.98. The van der Waals surface area contributed by atoms with Crippen LogP contribution < -0.4 is 16.0 Å². The first kappa shape index (κ1) is 18.9. The molecule has 0 unspecified atom stereocenters. The van der Waals surface area contributed by atoms with E-state index in [1.807, 2.05) is 6.07 Å². The Hall–Kier alpha value is -2.45. The summed E-state index contributed by atoms with van der Waals surface area (Å²) in [7, 11) is 0. The molecule has 3 atom stereocenters. The zero-order chi connectivity index (χ0) is 18.2. The van der Waals surface area contributed by atoms with E-state index in [2.05, 4.69) is 16.0 Å². The number of carboxylic acids is 1. The fourth-order valence-electron chi connectivity index (χ4n) is 2.70. The van der Waals surface area contributed by atoms with E-state index in [9.17, 15) is 24.6 Å². The van der Waals surface area contributed by atoms with Crippen molar-refractivity contribution < 1.29 is 24.6 Å². The molecule has 0 saturated carbocycles. The Balaban J connectivity index is 1.95. The van der Waals surface area contributed by atoms with Gasteiger partial charge in [-0.15, -0.1) is 0 Å².